The lowest BCUT2D eigenvalue weighted by Gasteiger charge is -2.26. The van der Waals surface area contributed by atoms with Crippen LogP contribution in [0.2, 0.25) is 0 Å². The van der Waals surface area contributed by atoms with Crippen molar-refractivity contribution >= 4 is 39.7 Å². The second kappa shape index (κ2) is 8.45. The highest BCUT2D eigenvalue weighted by Crippen LogP contribution is 2.39. The molecule has 3 amide bonds. The average molecular weight is 479 g/mol. The van der Waals surface area contributed by atoms with Gasteiger partial charge in [0.15, 0.2) is 0 Å². The average Bonchev–Trinajstić information content (AvgIpc) is 3.03. The lowest BCUT2D eigenvalue weighted by molar-refractivity contribution is -0.167. The van der Waals surface area contributed by atoms with E-state index in [1.54, 1.807) is 5.32 Å². The van der Waals surface area contributed by atoms with E-state index in [9.17, 15) is 40.7 Å². The van der Waals surface area contributed by atoms with Gasteiger partial charge in [0.2, 0.25) is 5.91 Å². The highest BCUT2D eigenvalue weighted by molar-refractivity contribution is 7.17. The van der Waals surface area contributed by atoms with Crippen molar-refractivity contribution in [2.45, 2.75) is 32.2 Å². The monoisotopic (exact) mass is 479 g/mol. The largest absolute Gasteiger partial charge is 0.471 e. The summed E-state index contributed by atoms with van der Waals surface area (Å²) in [7, 11) is 0. The third-order valence-electron chi connectivity index (χ3n) is 4.66. The number of thiophene rings is 1. The number of alkyl halides is 6. The van der Waals surface area contributed by atoms with Crippen LogP contribution < -0.4 is 10.6 Å². The van der Waals surface area contributed by atoms with E-state index >= 15 is 0 Å². The molecule has 6 nitrogen and oxygen atoms in total. The van der Waals surface area contributed by atoms with Gasteiger partial charge in [-0.25, -0.2) is 0 Å². The Kier molecular flexibility index (Phi) is 6.22. The number of fused-ring (bicyclic) bond motifs is 1. The third-order valence-corrected chi connectivity index (χ3v) is 5.79. The number of nitrogens with zero attached hydrogens (tertiary/aromatic N) is 1. The lowest BCUT2D eigenvalue weighted by atomic mass is 10.0. The molecule has 3 rings (SSSR count). The van der Waals surface area contributed by atoms with Crippen molar-refractivity contribution in [3.8, 4) is 0 Å². The molecule has 2 aromatic rings. The van der Waals surface area contributed by atoms with Gasteiger partial charge in [0.1, 0.15) is 5.00 Å². The summed E-state index contributed by atoms with van der Waals surface area (Å²) in [5.41, 5.74) is -1.19. The normalized spacial score (nSPS) is 14.0. The van der Waals surface area contributed by atoms with E-state index in [1.807, 2.05) is 0 Å². The molecule has 0 aliphatic carbocycles. The van der Waals surface area contributed by atoms with Gasteiger partial charge >= 0.3 is 18.3 Å². The molecule has 32 heavy (non-hydrogen) atoms. The topological polar surface area (TPSA) is 78.5 Å². The van der Waals surface area contributed by atoms with Gasteiger partial charge in [-0.2, -0.15) is 26.3 Å². The molecule has 0 fully saturated rings. The second-order valence-electron chi connectivity index (χ2n) is 6.88. The van der Waals surface area contributed by atoms with Crippen LogP contribution in [0, 0.1) is 0 Å². The minimum absolute atomic E-state index is 0.0288. The van der Waals surface area contributed by atoms with Gasteiger partial charge in [0.05, 0.1) is 17.7 Å². The van der Waals surface area contributed by atoms with Gasteiger partial charge < -0.3 is 15.5 Å². The number of amides is 3. The molecule has 0 bridgehead atoms. The van der Waals surface area contributed by atoms with Crippen LogP contribution in [0.25, 0.3) is 0 Å². The second-order valence-corrected chi connectivity index (χ2v) is 7.99. The first-order valence-corrected chi connectivity index (χ1v) is 9.86. The van der Waals surface area contributed by atoms with Crippen LogP contribution in [0.3, 0.4) is 0 Å². The molecule has 1 aliphatic rings. The Morgan fingerprint density at radius 2 is 1.75 bits per heavy atom. The minimum atomic E-state index is -5.22. The van der Waals surface area contributed by atoms with Gasteiger partial charge in [-0.05, 0) is 30.2 Å². The van der Waals surface area contributed by atoms with Gasteiger partial charge in [-0.3, -0.25) is 14.4 Å². The molecular weight excluding hydrogens is 464 g/mol. The van der Waals surface area contributed by atoms with E-state index in [4.69, 9.17) is 0 Å². The van der Waals surface area contributed by atoms with Crippen LogP contribution >= 0.6 is 11.3 Å². The van der Waals surface area contributed by atoms with E-state index in [2.05, 4.69) is 5.32 Å². The Morgan fingerprint density at radius 1 is 1.06 bits per heavy atom. The highest BCUT2D eigenvalue weighted by Gasteiger charge is 2.40. The fourth-order valence-corrected chi connectivity index (χ4v) is 4.40. The van der Waals surface area contributed by atoms with Crippen molar-refractivity contribution in [1.82, 2.24) is 4.90 Å². The maximum atomic E-state index is 12.9. The summed E-state index contributed by atoms with van der Waals surface area (Å²) in [6, 6.07) is 3.74. The number of hydrogen-bond acceptors (Lipinski definition) is 4. The van der Waals surface area contributed by atoms with Crippen LogP contribution in [0.4, 0.5) is 37.0 Å². The Bertz CT molecular complexity index is 1080. The van der Waals surface area contributed by atoms with Gasteiger partial charge in [0.25, 0.3) is 5.91 Å². The zero-order valence-corrected chi connectivity index (χ0v) is 17.1. The van der Waals surface area contributed by atoms with Gasteiger partial charge in [0, 0.05) is 24.0 Å². The quantitative estimate of drug-likeness (QED) is 0.640. The van der Waals surface area contributed by atoms with Crippen LogP contribution in [0.15, 0.2) is 24.3 Å². The summed E-state index contributed by atoms with van der Waals surface area (Å²) < 4.78 is 77.0. The molecule has 1 aromatic heterocycles. The standard InChI is InChI=1S/C19H15F6N3O3S/c1-9(29)28-6-5-12-13(8-28)32-16(27-17(31)19(23,24)25)14(12)15(30)26-11-4-2-3-10(7-11)18(20,21)22/h2-4,7H,5-6,8H2,1H3,(H,26,30)(H,27,31). The van der Waals surface area contributed by atoms with Crippen molar-refractivity contribution in [2.24, 2.45) is 0 Å². The van der Waals surface area contributed by atoms with E-state index < -0.39 is 34.7 Å². The summed E-state index contributed by atoms with van der Waals surface area (Å²) in [5, 5.41) is 3.52. The molecule has 0 spiro atoms. The molecule has 0 radical (unpaired) electrons. The smallest absolute Gasteiger partial charge is 0.337 e. The summed E-state index contributed by atoms with van der Waals surface area (Å²) in [6.45, 7) is 1.53. The number of carbonyl (C=O) groups excluding carboxylic acids is 3. The number of nitrogens with one attached hydrogen (secondary N) is 2. The third kappa shape index (κ3) is 5.03. The van der Waals surface area contributed by atoms with Gasteiger partial charge in [-0.15, -0.1) is 11.3 Å². The SMILES string of the molecule is CC(=O)N1CCc2c(sc(NC(=O)C(F)(F)F)c2C(=O)Nc2cccc(C(F)(F)F)c2)C1. The summed E-state index contributed by atoms with van der Waals surface area (Å²) in [5.74, 6) is -3.55. The van der Waals surface area contributed by atoms with Crippen LogP contribution in [0.5, 0.6) is 0 Å². The predicted molar refractivity (Wildman–Crippen MR) is 103 cm³/mol. The molecule has 2 N–H and O–H groups in total. The molecule has 0 saturated heterocycles. The maximum absolute atomic E-state index is 12.9. The van der Waals surface area contributed by atoms with E-state index in [0.29, 0.717) is 27.8 Å². The van der Waals surface area contributed by atoms with Crippen LogP contribution in [0.1, 0.15) is 33.3 Å². The van der Waals surface area contributed by atoms with Crippen LogP contribution in [-0.4, -0.2) is 35.3 Å². The number of anilines is 2. The van der Waals surface area contributed by atoms with Crippen molar-refractivity contribution in [3.05, 3.63) is 45.8 Å². The van der Waals surface area contributed by atoms with Crippen LogP contribution in [-0.2, 0) is 28.7 Å². The zero-order valence-electron chi connectivity index (χ0n) is 16.3. The van der Waals surface area contributed by atoms with Gasteiger partial charge in [-0.1, -0.05) is 6.07 Å². The van der Waals surface area contributed by atoms with Crippen molar-refractivity contribution in [3.63, 3.8) is 0 Å². The summed E-state index contributed by atoms with van der Waals surface area (Å²) in [4.78, 5) is 37.8. The summed E-state index contributed by atoms with van der Waals surface area (Å²) >= 11 is 0.707. The highest BCUT2D eigenvalue weighted by atomic mass is 32.1. The fraction of sp³-hybridized carbons (Fsp3) is 0.316. The van der Waals surface area contributed by atoms with E-state index in [1.165, 1.54) is 17.9 Å². The summed E-state index contributed by atoms with van der Waals surface area (Å²) in [6.07, 6.45) is -9.76. The lowest BCUT2D eigenvalue weighted by Crippen LogP contribution is -2.34. The zero-order chi connectivity index (χ0) is 23.8. The maximum Gasteiger partial charge on any atom is 0.471 e. The number of benzene rings is 1. The first kappa shape index (κ1) is 23.6. The first-order chi connectivity index (χ1) is 14.8. The molecule has 13 heteroatoms. The van der Waals surface area contributed by atoms with Crippen molar-refractivity contribution < 1.29 is 40.7 Å². The molecule has 1 aliphatic heterocycles. The Labute approximate surface area is 181 Å². The number of carbonyl (C=O) groups is 3. The van der Waals surface area contributed by atoms with Crippen molar-refractivity contribution in [1.29, 1.82) is 0 Å². The molecule has 0 atom stereocenters. The predicted octanol–water partition coefficient (Wildman–Crippen LogP) is 4.42. The minimum Gasteiger partial charge on any atom is -0.337 e. The van der Waals surface area contributed by atoms with E-state index in [-0.39, 0.29) is 36.7 Å². The number of halogens is 6. The van der Waals surface area contributed by atoms with E-state index in [0.717, 1.165) is 12.1 Å². The molecular formula is C19H15F6N3O3S. The fourth-order valence-electron chi connectivity index (χ4n) is 3.14. The molecule has 0 saturated carbocycles. The molecule has 172 valence electrons. The number of rotatable bonds is 3. The van der Waals surface area contributed by atoms with Crippen molar-refractivity contribution in [2.75, 3.05) is 17.2 Å². The molecule has 0 unspecified atom stereocenters. The molecule has 1 aromatic carbocycles. The molecule has 2 heterocycles. The Balaban J connectivity index is 1.97. The number of hydrogen-bond donors (Lipinski definition) is 2. The Morgan fingerprint density at radius 3 is 2.34 bits per heavy atom. The first-order valence-electron chi connectivity index (χ1n) is 9.04. The Hall–Kier alpha value is -3.09.